The summed E-state index contributed by atoms with van der Waals surface area (Å²) in [5, 5.41) is 14.7. The number of nitrogens with one attached hydrogen (secondary N) is 2. The first-order valence-corrected chi connectivity index (χ1v) is 10.7. The molecule has 0 radical (unpaired) electrons. The summed E-state index contributed by atoms with van der Waals surface area (Å²) in [5.41, 5.74) is 2.12. The number of rotatable bonds is 8. The number of anilines is 2. The quantitative estimate of drug-likeness (QED) is 0.395. The molecule has 162 valence electrons. The highest BCUT2D eigenvalue weighted by Crippen LogP contribution is 2.25. The molecule has 0 saturated heterocycles. The van der Waals surface area contributed by atoms with Crippen LogP contribution >= 0.6 is 11.8 Å². The first kappa shape index (κ1) is 21.3. The average Bonchev–Trinajstić information content (AvgIpc) is 3.44. The molecule has 2 amide bonds. The van der Waals surface area contributed by atoms with Crippen molar-refractivity contribution in [3.05, 3.63) is 72.9 Å². The van der Waals surface area contributed by atoms with Gasteiger partial charge in [-0.15, -0.1) is 10.2 Å². The maximum atomic E-state index is 12.5. The minimum atomic E-state index is -0.183. The van der Waals surface area contributed by atoms with Crippen LogP contribution < -0.4 is 10.6 Å². The molecule has 0 atom stereocenters. The van der Waals surface area contributed by atoms with E-state index in [0.717, 1.165) is 11.3 Å². The topological polar surface area (TPSA) is 115 Å². The predicted octanol–water partition coefficient (Wildman–Crippen LogP) is 3.67. The summed E-state index contributed by atoms with van der Waals surface area (Å²) in [7, 11) is 0. The SMILES string of the molecule is CC(=O)Nc1ccc(NC(=O)CSc2nnc(-c3cccnc3)n2Cc2ccco2)cc1. The van der Waals surface area contributed by atoms with E-state index in [9.17, 15) is 9.59 Å². The van der Waals surface area contributed by atoms with Crippen LogP contribution in [0.5, 0.6) is 0 Å². The minimum absolute atomic E-state index is 0.150. The summed E-state index contributed by atoms with van der Waals surface area (Å²) in [5.74, 6) is 1.21. The van der Waals surface area contributed by atoms with E-state index in [1.54, 1.807) is 42.9 Å². The van der Waals surface area contributed by atoms with E-state index >= 15 is 0 Å². The van der Waals surface area contributed by atoms with Crippen LogP contribution in [0.2, 0.25) is 0 Å². The van der Waals surface area contributed by atoms with Crippen molar-refractivity contribution in [3.8, 4) is 11.4 Å². The Morgan fingerprint density at radius 2 is 1.81 bits per heavy atom. The Balaban J connectivity index is 1.45. The van der Waals surface area contributed by atoms with E-state index in [4.69, 9.17) is 4.42 Å². The Labute approximate surface area is 188 Å². The Hall–Kier alpha value is -3.92. The second kappa shape index (κ2) is 9.92. The van der Waals surface area contributed by atoms with Gasteiger partial charge in [0, 0.05) is 36.3 Å². The van der Waals surface area contributed by atoms with Gasteiger partial charge in [0.25, 0.3) is 0 Å². The molecule has 32 heavy (non-hydrogen) atoms. The molecule has 9 nitrogen and oxygen atoms in total. The molecular formula is C22H20N6O3S. The van der Waals surface area contributed by atoms with Gasteiger partial charge in [0.05, 0.1) is 18.6 Å². The van der Waals surface area contributed by atoms with Gasteiger partial charge >= 0.3 is 0 Å². The standard InChI is InChI=1S/C22H20N6O3S/c1-15(29)24-17-6-8-18(9-7-17)25-20(30)14-32-22-27-26-21(16-4-2-10-23-12-16)28(22)13-19-5-3-11-31-19/h2-12H,13-14H2,1H3,(H,24,29)(H,25,30). The van der Waals surface area contributed by atoms with Gasteiger partial charge in [-0.3, -0.25) is 19.1 Å². The van der Waals surface area contributed by atoms with Crippen LogP contribution in [0.15, 0.2) is 76.8 Å². The summed E-state index contributed by atoms with van der Waals surface area (Å²) in [6.07, 6.45) is 5.02. The maximum Gasteiger partial charge on any atom is 0.234 e. The number of hydrogen-bond donors (Lipinski definition) is 2. The smallest absolute Gasteiger partial charge is 0.234 e. The lowest BCUT2D eigenvalue weighted by molar-refractivity contribution is -0.114. The lowest BCUT2D eigenvalue weighted by Crippen LogP contribution is -2.15. The molecule has 0 spiro atoms. The first-order valence-electron chi connectivity index (χ1n) is 9.75. The maximum absolute atomic E-state index is 12.5. The fourth-order valence-electron chi connectivity index (χ4n) is 2.97. The molecule has 0 unspecified atom stereocenters. The first-order chi connectivity index (χ1) is 15.6. The molecule has 0 saturated carbocycles. The van der Waals surface area contributed by atoms with Gasteiger partial charge in [-0.05, 0) is 48.5 Å². The summed E-state index contributed by atoms with van der Waals surface area (Å²) in [6.45, 7) is 1.87. The van der Waals surface area contributed by atoms with E-state index in [0.29, 0.717) is 28.9 Å². The van der Waals surface area contributed by atoms with Crippen molar-refractivity contribution in [2.45, 2.75) is 18.6 Å². The van der Waals surface area contributed by atoms with Gasteiger partial charge in [-0.1, -0.05) is 11.8 Å². The van der Waals surface area contributed by atoms with Crippen LogP contribution in [-0.2, 0) is 16.1 Å². The Kier molecular flexibility index (Phi) is 6.61. The van der Waals surface area contributed by atoms with Crippen molar-refractivity contribution in [3.63, 3.8) is 0 Å². The van der Waals surface area contributed by atoms with Gasteiger partial charge in [0.2, 0.25) is 11.8 Å². The largest absolute Gasteiger partial charge is 0.467 e. The normalized spacial score (nSPS) is 10.7. The summed E-state index contributed by atoms with van der Waals surface area (Å²) < 4.78 is 7.38. The Morgan fingerprint density at radius 3 is 2.47 bits per heavy atom. The van der Waals surface area contributed by atoms with Gasteiger partial charge in [-0.2, -0.15) is 0 Å². The number of pyridine rings is 1. The third-order valence-corrected chi connectivity index (χ3v) is 5.32. The number of carbonyl (C=O) groups excluding carboxylic acids is 2. The molecule has 2 N–H and O–H groups in total. The molecule has 0 aliphatic rings. The van der Waals surface area contributed by atoms with Gasteiger partial charge < -0.3 is 15.1 Å². The minimum Gasteiger partial charge on any atom is -0.467 e. The molecule has 0 bridgehead atoms. The highest BCUT2D eigenvalue weighted by atomic mass is 32.2. The molecule has 1 aromatic carbocycles. The lowest BCUT2D eigenvalue weighted by Gasteiger charge is -2.09. The van der Waals surface area contributed by atoms with Crippen LogP contribution in [0.3, 0.4) is 0 Å². The molecule has 0 aliphatic heterocycles. The second-order valence-electron chi connectivity index (χ2n) is 6.81. The van der Waals surface area contributed by atoms with Crippen molar-refractivity contribution >= 4 is 35.0 Å². The number of hydrogen-bond acceptors (Lipinski definition) is 7. The number of benzene rings is 1. The van der Waals surface area contributed by atoms with Crippen molar-refractivity contribution in [2.75, 3.05) is 16.4 Å². The lowest BCUT2D eigenvalue weighted by atomic mass is 10.2. The summed E-state index contributed by atoms with van der Waals surface area (Å²) in [6, 6.07) is 14.3. The second-order valence-corrected chi connectivity index (χ2v) is 7.75. The van der Waals surface area contributed by atoms with Crippen LogP contribution in [0.4, 0.5) is 11.4 Å². The van der Waals surface area contributed by atoms with Crippen LogP contribution in [0.1, 0.15) is 12.7 Å². The van der Waals surface area contributed by atoms with E-state index in [1.807, 2.05) is 28.8 Å². The molecule has 3 aromatic heterocycles. The van der Waals surface area contributed by atoms with E-state index in [-0.39, 0.29) is 17.6 Å². The average molecular weight is 449 g/mol. The van der Waals surface area contributed by atoms with Gasteiger partial charge in [0.15, 0.2) is 11.0 Å². The highest BCUT2D eigenvalue weighted by molar-refractivity contribution is 7.99. The van der Waals surface area contributed by atoms with Crippen molar-refractivity contribution < 1.29 is 14.0 Å². The molecule has 4 aromatic rings. The number of amides is 2. The Morgan fingerprint density at radius 1 is 1.03 bits per heavy atom. The van der Waals surface area contributed by atoms with Gasteiger partial charge in [-0.25, -0.2) is 0 Å². The third kappa shape index (κ3) is 5.41. The van der Waals surface area contributed by atoms with Crippen molar-refractivity contribution in [2.24, 2.45) is 0 Å². The fraction of sp³-hybridized carbons (Fsp3) is 0.136. The number of aromatic nitrogens is 4. The molecule has 3 heterocycles. The third-order valence-electron chi connectivity index (χ3n) is 4.35. The zero-order valence-electron chi connectivity index (χ0n) is 17.2. The number of nitrogens with zero attached hydrogens (tertiary/aromatic N) is 4. The van der Waals surface area contributed by atoms with Crippen molar-refractivity contribution in [1.82, 2.24) is 19.7 Å². The van der Waals surface area contributed by atoms with Crippen LogP contribution in [0.25, 0.3) is 11.4 Å². The van der Waals surface area contributed by atoms with E-state index in [2.05, 4.69) is 25.8 Å². The van der Waals surface area contributed by atoms with Crippen LogP contribution in [0, 0.1) is 0 Å². The predicted molar refractivity (Wildman–Crippen MR) is 121 cm³/mol. The van der Waals surface area contributed by atoms with E-state index in [1.165, 1.54) is 18.7 Å². The molecule has 0 fully saturated rings. The number of carbonyl (C=O) groups is 2. The Bertz CT molecular complexity index is 1190. The zero-order chi connectivity index (χ0) is 22.3. The zero-order valence-corrected chi connectivity index (χ0v) is 18.0. The number of furan rings is 1. The summed E-state index contributed by atoms with van der Waals surface area (Å²) in [4.78, 5) is 27.7. The molecule has 10 heteroatoms. The van der Waals surface area contributed by atoms with Gasteiger partial charge in [0.1, 0.15) is 5.76 Å². The molecule has 0 aliphatic carbocycles. The molecular weight excluding hydrogens is 428 g/mol. The highest BCUT2D eigenvalue weighted by Gasteiger charge is 2.17. The fourth-order valence-corrected chi connectivity index (χ4v) is 3.71. The van der Waals surface area contributed by atoms with Crippen molar-refractivity contribution in [1.29, 1.82) is 0 Å². The number of thioether (sulfide) groups is 1. The van der Waals surface area contributed by atoms with Crippen LogP contribution in [-0.4, -0.2) is 37.3 Å². The molecule has 4 rings (SSSR count). The summed E-state index contributed by atoms with van der Waals surface area (Å²) >= 11 is 1.28. The monoisotopic (exact) mass is 448 g/mol. The van der Waals surface area contributed by atoms with E-state index < -0.39 is 0 Å².